The maximum atomic E-state index is 13.5. The minimum absolute atomic E-state index is 0.0160. The van der Waals surface area contributed by atoms with E-state index in [4.69, 9.17) is 0 Å². The van der Waals surface area contributed by atoms with E-state index in [1.54, 1.807) is 10.6 Å². The molecule has 148 valence electrons. The summed E-state index contributed by atoms with van der Waals surface area (Å²) in [5.74, 6) is 0.396. The Labute approximate surface area is 172 Å². The molecule has 0 spiro atoms. The number of amidine groups is 1. The number of rotatable bonds is 3. The normalized spacial score (nSPS) is 15.9. The van der Waals surface area contributed by atoms with Gasteiger partial charge < -0.3 is 15.5 Å². The van der Waals surface area contributed by atoms with Crippen LogP contribution >= 0.6 is 0 Å². The van der Waals surface area contributed by atoms with E-state index in [1.165, 1.54) is 18.2 Å². The highest BCUT2D eigenvalue weighted by Gasteiger charge is 2.31. The molecule has 7 nitrogen and oxygen atoms in total. The van der Waals surface area contributed by atoms with Crippen LogP contribution in [0, 0.1) is 0 Å². The Bertz CT molecular complexity index is 1290. The van der Waals surface area contributed by atoms with Gasteiger partial charge in [-0.3, -0.25) is 14.2 Å². The van der Waals surface area contributed by atoms with Gasteiger partial charge in [-0.25, -0.2) is 4.98 Å². The third-order valence-electron chi connectivity index (χ3n) is 5.09. The number of nitrogens with one attached hydrogen (secondary N) is 1. The summed E-state index contributed by atoms with van der Waals surface area (Å²) in [6, 6.07) is 18.6. The average Bonchev–Trinajstić information content (AvgIpc) is 3.06. The third kappa shape index (κ3) is 3.06. The van der Waals surface area contributed by atoms with Gasteiger partial charge in [0, 0.05) is 12.6 Å². The number of phenols is 2. The van der Waals surface area contributed by atoms with Crippen molar-refractivity contribution < 1.29 is 15.0 Å². The lowest BCUT2D eigenvalue weighted by atomic mass is 10.0. The van der Waals surface area contributed by atoms with Gasteiger partial charge in [0.05, 0.1) is 5.56 Å². The first-order chi connectivity index (χ1) is 14.6. The highest BCUT2D eigenvalue weighted by atomic mass is 16.3. The van der Waals surface area contributed by atoms with Gasteiger partial charge in [-0.2, -0.15) is 0 Å². The molecular formula is C23H18N4O3. The van der Waals surface area contributed by atoms with Crippen molar-refractivity contribution in [3.63, 3.8) is 0 Å². The first kappa shape index (κ1) is 17.9. The largest absolute Gasteiger partial charge is 0.508 e. The van der Waals surface area contributed by atoms with Crippen molar-refractivity contribution in [2.75, 3.05) is 5.32 Å². The van der Waals surface area contributed by atoms with Crippen molar-refractivity contribution in [1.29, 1.82) is 0 Å². The number of benzene rings is 2. The molecule has 0 saturated heterocycles. The van der Waals surface area contributed by atoms with Crippen LogP contribution < -0.4 is 5.32 Å². The molecule has 3 N–H and O–H groups in total. The molecule has 0 fully saturated rings. The maximum Gasteiger partial charge on any atom is 0.208 e. The fraction of sp³-hybridized carbons (Fsp3) is 0.0870. The monoisotopic (exact) mass is 398 g/mol. The van der Waals surface area contributed by atoms with E-state index >= 15 is 0 Å². The highest BCUT2D eigenvalue weighted by Crippen LogP contribution is 2.29. The van der Waals surface area contributed by atoms with E-state index in [1.807, 2.05) is 48.5 Å². The van der Waals surface area contributed by atoms with Gasteiger partial charge >= 0.3 is 0 Å². The number of ketones is 1. The molecule has 2 aromatic carbocycles. The first-order valence-electron chi connectivity index (χ1n) is 9.52. The summed E-state index contributed by atoms with van der Waals surface area (Å²) >= 11 is 0. The summed E-state index contributed by atoms with van der Waals surface area (Å²) in [5.41, 5.74) is 2.30. The predicted molar refractivity (Wildman–Crippen MR) is 113 cm³/mol. The van der Waals surface area contributed by atoms with E-state index in [9.17, 15) is 15.0 Å². The Morgan fingerprint density at radius 1 is 1.00 bits per heavy atom. The minimum atomic E-state index is -0.724. The number of carbonyl (C=O) groups excluding carboxylic acids is 1. The Hall–Kier alpha value is -4.13. The molecule has 0 aliphatic carbocycles. The fourth-order valence-electron chi connectivity index (χ4n) is 3.66. The van der Waals surface area contributed by atoms with Crippen molar-refractivity contribution in [3.8, 4) is 11.5 Å². The quantitative estimate of drug-likeness (QED) is 0.459. The standard InChI is InChI=1S/C23H18N4O3/c28-15-9-10-18(29)16(13-15)22-24-17(12-14-6-2-1-3-7-14)21(30)20-23(26-22)25-19-8-4-5-11-27(19)20/h1-11,13,17,28-29H,12H2,(H,24,26)/t17-/m0/s1. The maximum absolute atomic E-state index is 13.5. The van der Waals surface area contributed by atoms with Crippen LogP contribution in [0.1, 0.15) is 21.6 Å². The molecule has 7 heteroatoms. The Morgan fingerprint density at radius 3 is 2.63 bits per heavy atom. The number of pyridine rings is 1. The Kier molecular flexibility index (Phi) is 4.21. The van der Waals surface area contributed by atoms with Crippen LogP contribution in [0.5, 0.6) is 11.5 Å². The second kappa shape index (κ2) is 7.04. The Balaban J connectivity index is 1.69. The van der Waals surface area contributed by atoms with Crippen molar-refractivity contribution >= 4 is 23.1 Å². The number of nitrogens with zero attached hydrogens (tertiary/aromatic N) is 3. The first-order valence-corrected chi connectivity index (χ1v) is 9.52. The molecule has 3 heterocycles. The lowest BCUT2D eigenvalue weighted by molar-refractivity contribution is 0.0958. The average molecular weight is 398 g/mol. The summed E-state index contributed by atoms with van der Waals surface area (Å²) < 4.78 is 1.74. The van der Waals surface area contributed by atoms with Gasteiger partial charge in [-0.15, -0.1) is 0 Å². The fourth-order valence-corrected chi connectivity index (χ4v) is 3.66. The van der Waals surface area contributed by atoms with Gasteiger partial charge in [0.2, 0.25) is 5.78 Å². The molecule has 1 aliphatic rings. The van der Waals surface area contributed by atoms with Crippen LogP contribution in [-0.4, -0.2) is 37.3 Å². The summed E-state index contributed by atoms with van der Waals surface area (Å²) in [7, 11) is 0. The molecule has 0 unspecified atom stereocenters. The number of fused-ring (bicyclic) bond motifs is 3. The second-order valence-electron chi connectivity index (χ2n) is 7.11. The molecule has 5 rings (SSSR count). The van der Waals surface area contributed by atoms with E-state index in [-0.39, 0.29) is 23.1 Å². The molecular weight excluding hydrogens is 380 g/mol. The predicted octanol–water partition coefficient (Wildman–Crippen LogP) is 3.41. The smallest absolute Gasteiger partial charge is 0.208 e. The zero-order chi connectivity index (χ0) is 20.7. The Morgan fingerprint density at radius 2 is 1.80 bits per heavy atom. The SMILES string of the molecule is O=C1c2c(nc3ccccn23)NC(c2cc(O)ccc2O)=N[C@H]1Cc1ccccc1. The summed E-state index contributed by atoms with van der Waals surface area (Å²) in [5, 5.41) is 23.4. The van der Waals surface area contributed by atoms with E-state index < -0.39 is 6.04 Å². The lowest BCUT2D eigenvalue weighted by Crippen LogP contribution is -2.23. The number of Topliss-reactive ketones (excluding diaryl/α,β-unsaturated/α-hetero) is 1. The van der Waals surface area contributed by atoms with Crippen molar-refractivity contribution in [1.82, 2.24) is 9.38 Å². The molecule has 0 saturated carbocycles. The molecule has 30 heavy (non-hydrogen) atoms. The molecule has 0 bridgehead atoms. The lowest BCUT2D eigenvalue weighted by Gasteiger charge is -2.12. The number of aliphatic imine (C=N–C) groups is 1. The summed E-state index contributed by atoms with van der Waals surface area (Å²) in [6.45, 7) is 0. The van der Waals surface area contributed by atoms with Crippen molar-refractivity contribution in [2.45, 2.75) is 12.5 Å². The van der Waals surface area contributed by atoms with Crippen molar-refractivity contribution in [2.24, 2.45) is 4.99 Å². The van der Waals surface area contributed by atoms with E-state index in [0.29, 0.717) is 29.1 Å². The summed E-state index contributed by atoms with van der Waals surface area (Å²) in [4.78, 5) is 22.7. The number of carbonyl (C=O) groups is 1. The zero-order valence-electron chi connectivity index (χ0n) is 15.9. The molecule has 2 aromatic heterocycles. The van der Waals surface area contributed by atoms with Gasteiger partial charge in [-0.1, -0.05) is 36.4 Å². The number of aromatic hydroxyl groups is 2. The molecule has 4 aromatic rings. The molecule has 0 amide bonds. The molecule has 0 radical (unpaired) electrons. The van der Waals surface area contributed by atoms with Crippen LogP contribution in [0.25, 0.3) is 5.65 Å². The number of hydrogen-bond acceptors (Lipinski definition) is 6. The van der Waals surface area contributed by atoms with Crippen LogP contribution in [-0.2, 0) is 6.42 Å². The van der Waals surface area contributed by atoms with Crippen LogP contribution in [0.4, 0.5) is 5.82 Å². The van der Waals surface area contributed by atoms with Gasteiger partial charge in [0.15, 0.2) is 5.82 Å². The minimum Gasteiger partial charge on any atom is -0.508 e. The van der Waals surface area contributed by atoms with E-state index in [0.717, 1.165) is 5.56 Å². The van der Waals surface area contributed by atoms with Crippen LogP contribution in [0.15, 0.2) is 77.9 Å². The van der Waals surface area contributed by atoms with Gasteiger partial charge in [0.25, 0.3) is 0 Å². The summed E-state index contributed by atoms with van der Waals surface area (Å²) in [6.07, 6.45) is 2.18. The number of hydrogen-bond donors (Lipinski definition) is 3. The van der Waals surface area contributed by atoms with E-state index in [2.05, 4.69) is 15.3 Å². The van der Waals surface area contributed by atoms with Gasteiger partial charge in [0.1, 0.15) is 34.7 Å². The zero-order valence-corrected chi connectivity index (χ0v) is 15.9. The number of phenolic OH excluding ortho intramolecular Hbond substituents is 2. The van der Waals surface area contributed by atoms with Crippen LogP contribution in [0.2, 0.25) is 0 Å². The highest BCUT2D eigenvalue weighted by molar-refractivity contribution is 6.16. The second-order valence-corrected chi connectivity index (χ2v) is 7.11. The topological polar surface area (TPSA) is 99.2 Å². The van der Waals surface area contributed by atoms with Crippen molar-refractivity contribution in [3.05, 3.63) is 89.7 Å². The number of anilines is 1. The van der Waals surface area contributed by atoms with Crippen LogP contribution in [0.3, 0.4) is 0 Å². The number of aromatic nitrogens is 2. The molecule has 1 aliphatic heterocycles. The van der Waals surface area contributed by atoms with Gasteiger partial charge in [-0.05, 0) is 35.9 Å². The third-order valence-corrected chi connectivity index (χ3v) is 5.09. The number of imidazole rings is 1. The molecule has 1 atom stereocenters.